The molecule has 2 aliphatic rings. The minimum atomic E-state index is -1.40. The van der Waals surface area contributed by atoms with Crippen molar-refractivity contribution in [2.45, 2.75) is 38.9 Å². The average molecular weight is 402 g/mol. The molecule has 154 valence electrons. The van der Waals surface area contributed by atoms with Gasteiger partial charge >= 0.3 is 5.97 Å². The molecular formula is C25H26N2O3. The molecule has 2 fully saturated rings. The van der Waals surface area contributed by atoms with Crippen LogP contribution in [0.2, 0.25) is 0 Å². The molecule has 1 saturated carbocycles. The topological polar surface area (TPSA) is 83.2 Å². The van der Waals surface area contributed by atoms with E-state index >= 15 is 0 Å². The first-order chi connectivity index (χ1) is 14.3. The highest BCUT2D eigenvalue weighted by Crippen LogP contribution is 2.51. The molecule has 5 nitrogen and oxygen atoms in total. The molecule has 1 aromatic carbocycles. The third-order valence-corrected chi connectivity index (χ3v) is 6.89. The van der Waals surface area contributed by atoms with Crippen molar-refractivity contribution in [1.82, 2.24) is 4.98 Å². The second-order valence-electron chi connectivity index (χ2n) is 8.67. The van der Waals surface area contributed by atoms with Gasteiger partial charge in [0.2, 0.25) is 0 Å². The standard InChI is InChI=1S/C25H26N2O3/c1-15-12-25(29)23(17(3)30-24(25)28)21(16(15)2)11-10-20-9-8-19(14-27-20)22-7-5-4-6-18(22)13-26/h4-11,14-17,21,23,29H,12H2,1-3H3/b11-10+. The van der Waals surface area contributed by atoms with Crippen molar-refractivity contribution in [3.63, 3.8) is 0 Å². The lowest BCUT2D eigenvalue weighted by atomic mass is 9.60. The Labute approximate surface area is 177 Å². The SMILES string of the molecule is CC1CC2(O)C(=O)OC(C)C2C(/C=C/c2ccc(-c3ccccc3C#N)cn2)C1C. The minimum Gasteiger partial charge on any atom is -0.460 e. The number of nitriles is 1. The fourth-order valence-electron chi connectivity index (χ4n) is 5.10. The van der Waals surface area contributed by atoms with Crippen molar-refractivity contribution in [3.8, 4) is 17.2 Å². The van der Waals surface area contributed by atoms with Gasteiger partial charge in [-0.3, -0.25) is 4.98 Å². The monoisotopic (exact) mass is 402 g/mol. The molecule has 1 N–H and O–H groups in total. The number of benzene rings is 1. The molecule has 5 heteroatoms. The van der Waals surface area contributed by atoms with Crippen LogP contribution in [-0.4, -0.2) is 27.8 Å². The molecule has 1 aliphatic heterocycles. The molecule has 0 bridgehead atoms. The van der Waals surface area contributed by atoms with Gasteiger partial charge in [-0.25, -0.2) is 4.79 Å². The molecule has 1 saturated heterocycles. The highest BCUT2D eigenvalue weighted by molar-refractivity contribution is 5.82. The summed E-state index contributed by atoms with van der Waals surface area (Å²) in [7, 11) is 0. The van der Waals surface area contributed by atoms with Crippen LogP contribution in [0.5, 0.6) is 0 Å². The third-order valence-electron chi connectivity index (χ3n) is 6.89. The molecule has 0 spiro atoms. The number of hydrogen-bond donors (Lipinski definition) is 1. The molecule has 1 aliphatic carbocycles. The summed E-state index contributed by atoms with van der Waals surface area (Å²) < 4.78 is 5.41. The Kier molecular flexibility index (Phi) is 5.21. The predicted molar refractivity (Wildman–Crippen MR) is 114 cm³/mol. The number of rotatable bonds is 3. The molecule has 2 heterocycles. The molecular weight excluding hydrogens is 376 g/mol. The predicted octanol–water partition coefficient (Wildman–Crippen LogP) is 4.22. The van der Waals surface area contributed by atoms with E-state index in [0.717, 1.165) is 16.8 Å². The first-order valence-electron chi connectivity index (χ1n) is 10.4. The number of nitrogens with zero attached hydrogens (tertiary/aromatic N) is 2. The summed E-state index contributed by atoms with van der Waals surface area (Å²) in [4.78, 5) is 16.8. The van der Waals surface area contributed by atoms with Crippen LogP contribution in [0.25, 0.3) is 17.2 Å². The van der Waals surface area contributed by atoms with Gasteiger partial charge in [0.1, 0.15) is 6.10 Å². The number of aliphatic hydroxyl groups is 1. The Morgan fingerprint density at radius 2 is 2.00 bits per heavy atom. The Morgan fingerprint density at radius 3 is 2.70 bits per heavy atom. The van der Waals surface area contributed by atoms with Gasteiger partial charge in [0.25, 0.3) is 0 Å². The van der Waals surface area contributed by atoms with Gasteiger partial charge < -0.3 is 9.84 Å². The summed E-state index contributed by atoms with van der Waals surface area (Å²) in [5.41, 5.74) is 1.75. The second kappa shape index (κ2) is 7.70. The van der Waals surface area contributed by atoms with Crippen molar-refractivity contribution in [3.05, 3.63) is 59.9 Å². The van der Waals surface area contributed by atoms with E-state index in [1.165, 1.54) is 0 Å². The largest absolute Gasteiger partial charge is 0.460 e. The van der Waals surface area contributed by atoms with Crippen molar-refractivity contribution < 1.29 is 14.6 Å². The maximum absolute atomic E-state index is 12.3. The highest BCUT2D eigenvalue weighted by atomic mass is 16.6. The summed E-state index contributed by atoms with van der Waals surface area (Å²) in [5, 5.41) is 20.4. The van der Waals surface area contributed by atoms with Gasteiger partial charge in [0.05, 0.1) is 17.3 Å². The molecule has 6 atom stereocenters. The molecule has 0 amide bonds. The van der Waals surface area contributed by atoms with E-state index in [1.54, 1.807) is 12.3 Å². The van der Waals surface area contributed by atoms with E-state index in [9.17, 15) is 15.2 Å². The Hall–Kier alpha value is -2.97. The summed E-state index contributed by atoms with van der Waals surface area (Å²) >= 11 is 0. The summed E-state index contributed by atoms with van der Waals surface area (Å²) in [6.07, 6.45) is 5.92. The summed E-state index contributed by atoms with van der Waals surface area (Å²) in [5.74, 6) is -0.215. The normalized spacial score (nSPS) is 33.2. The van der Waals surface area contributed by atoms with Crippen molar-refractivity contribution >= 4 is 12.0 Å². The van der Waals surface area contributed by atoms with Gasteiger partial charge in [-0.15, -0.1) is 0 Å². The number of fused-ring (bicyclic) bond motifs is 1. The van der Waals surface area contributed by atoms with Crippen molar-refractivity contribution in [1.29, 1.82) is 5.26 Å². The van der Waals surface area contributed by atoms with E-state index in [-0.39, 0.29) is 23.9 Å². The maximum Gasteiger partial charge on any atom is 0.338 e. The number of esters is 1. The fraction of sp³-hybridized carbons (Fsp3) is 0.400. The first-order valence-corrected chi connectivity index (χ1v) is 10.4. The van der Waals surface area contributed by atoms with Crippen molar-refractivity contribution in [2.24, 2.45) is 23.7 Å². The second-order valence-corrected chi connectivity index (χ2v) is 8.67. The quantitative estimate of drug-likeness (QED) is 0.777. The number of pyridine rings is 1. The van der Waals surface area contributed by atoms with E-state index in [2.05, 4.69) is 31.0 Å². The van der Waals surface area contributed by atoms with Gasteiger partial charge in [0.15, 0.2) is 5.60 Å². The highest BCUT2D eigenvalue weighted by Gasteiger charge is 2.61. The summed E-state index contributed by atoms with van der Waals surface area (Å²) in [6, 6.07) is 13.5. The molecule has 1 aromatic heterocycles. The molecule has 30 heavy (non-hydrogen) atoms. The third kappa shape index (κ3) is 3.32. The zero-order chi connectivity index (χ0) is 21.5. The van der Waals surface area contributed by atoms with Crippen LogP contribution < -0.4 is 0 Å². The molecule has 2 aromatic rings. The van der Waals surface area contributed by atoms with E-state index < -0.39 is 11.6 Å². The fourth-order valence-corrected chi connectivity index (χ4v) is 5.10. The van der Waals surface area contributed by atoms with Gasteiger partial charge in [-0.05, 0) is 49.3 Å². The van der Waals surface area contributed by atoms with Crippen LogP contribution in [0, 0.1) is 35.0 Å². The lowest BCUT2D eigenvalue weighted by Crippen LogP contribution is -2.52. The smallest absolute Gasteiger partial charge is 0.338 e. The Bertz CT molecular complexity index is 1020. The van der Waals surface area contributed by atoms with Crippen LogP contribution in [0.3, 0.4) is 0 Å². The number of hydrogen-bond acceptors (Lipinski definition) is 5. The summed E-state index contributed by atoms with van der Waals surface area (Å²) in [6.45, 7) is 6.11. The minimum absolute atomic E-state index is 0.0148. The number of allylic oxidation sites excluding steroid dienone is 1. The van der Waals surface area contributed by atoms with Crippen LogP contribution in [0.1, 0.15) is 38.4 Å². The van der Waals surface area contributed by atoms with Crippen LogP contribution in [0.15, 0.2) is 48.7 Å². The van der Waals surface area contributed by atoms with E-state index in [0.29, 0.717) is 17.9 Å². The maximum atomic E-state index is 12.3. The number of carbonyl (C=O) groups is 1. The van der Waals surface area contributed by atoms with E-state index in [4.69, 9.17) is 4.74 Å². The molecule has 4 rings (SSSR count). The van der Waals surface area contributed by atoms with Gasteiger partial charge in [-0.2, -0.15) is 5.26 Å². The zero-order valence-electron chi connectivity index (χ0n) is 17.4. The van der Waals surface area contributed by atoms with E-state index in [1.807, 2.05) is 43.3 Å². The van der Waals surface area contributed by atoms with Crippen LogP contribution >= 0.6 is 0 Å². The Morgan fingerprint density at radius 1 is 1.23 bits per heavy atom. The molecule has 0 radical (unpaired) electrons. The van der Waals surface area contributed by atoms with Crippen molar-refractivity contribution in [2.75, 3.05) is 0 Å². The lowest BCUT2D eigenvalue weighted by molar-refractivity contribution is -0.160. The lowest BCUT2D eigenvalue weighted by Gasteiger charge is -2.44. The number of carbonyl (C=O) groups excluding carboxylic acids is 1. The van der Waals surface area contributed by atoms with Gasteiger partial charge in [0, 0.05) is 23.2 Å². The average Bonchev–Trinajstić information content (AvgIpc) is 2.97. The first kappa shape index (κ1) is 20.3. The number of ether oxygens (including phenoxy) is 1. The number of aromatic nitrogens is 1. The zero-order valence-corrected chi connectivity index (χ0v) is 17.4. The Balaban J connectivity index is 1.60. The number of cyclic esters (lactones) is 1. The molecule has 6 unspecified atom stereocenters. The van der Waals surface area contributed by atoms with Crippen LogP contribution in [0.4, 0.5) is 0 Å². The van der Waals surface area contributed by atoms with Gasteiger partial charge in [-0.1, -0.05) is 44.2 Å². The van der Waals surface area contributed by atoms with Crippen LogP contribution in [-0.2, 0) is 9.53 Å².